The molecule has 0 aromatic carbocycles. The predicted octanol–water partition coefficient (Wildman–Crippen LogP) is 0.389. The highest BCUT2D eigenvalue weighted by Crippen LogP contribution is 2.19. The highest BCUT2D eigenvalue weighted by molar-refractivity contribution is 4.87. The van der Waals surface area contributed by atoms with Crippen molar-refractivity contribution in [3.05, 3.63) is 0 Å². The molecule has 0 spiro atoms. The quantitative estimate of drug-likeness (QED) is 0.728. The standard InChI is InChI=1S/C13H27N3O/c1-11-9-16(7-6-15(11)2)13(10-17-3)8-14-12-4-5-12/h11-14H,4-10H2,1-3H3. The highest BCUT2D eigenvalue weighted by atomic mass is 16.5. The average Bonchev–Trinajstić information content (AvgIpc) is 3.12. The molecule has 2 rings (SSSR count). The summed E-state index contributed by atoms with van der Waals surface area (Å²) in [7, 11) is 4.03. The van der Waals surface area contributed by atoms with Gasteiger partial charge in [-0.2, -0.15) is 0 Å². The Labute approximate surface area is 105 Å². The van der Waals surface area contributed by atoms with E-state index >= 15 is 0 Å². The second kappa shape index (κ2) is 6.14. The van der Waals surface area contributed by atoms with E-state index in [-0.39, 0.29) is 0 Å². The van der Waals surface area contributed by atoms with Crippen LogP contribution < -0.4 is 5.32 Å². The topological polar surface area (TPSA) is 27.7 Å². The van der Waals surface area contributed by atoms with E-state index in [0.717, 1.165) is 25.7 Å². The fourth-order valence-corrected chi connectivity index (χ4v) is 2.48. The van der Waals surface area contributed by atoms with Crippen molar-refractivity contribution in [1.29, 1.82) is 0 Å². The lowest BCUT2D eigenvalue weighted by Gasteiger charge is -2.41. The molecule has 1 heterocycles. The van der Waals surface area contributed by atoms with Crippen LogP contribution in [-0.2, 0) is 4.74 Å². The minimum absolute atomic E-state index is 0.539. The minimum Gasteiger partial charge on any atom is -0.383 e. The summed E-state index contributed by atoms with van der Waals surface area (Å²) in [6, 6.07) is 1.99. The lowest BCUT2D eigenvalue weighted by molar-refractivity contribution is 0.0343. The van der Waals surface area contributed by atoms with Crippen LogP contribution in [0.3, 0.4) is 0 Å². The Balaban J connectivity index is 1.80. The van der Waals surface area contributed by atoms with E-state index in [1.165, 1.54) is 25.9 Å². The van der Waals surface area contributed by atoms with Gasteiger partial charge in [0.05, 0.1) is 6.61 Å². The van der Waals surface area contributed by atoms with Gasteiger partial charge < -0.3 is 15.0 Å². The van der Waals surface area contributed by atoms with E-state index in [0.29, 0.717) is 12.1 Å². The zero-order valence-corrected chi connectivity index (χ0v) is 11.5. The molecule has 0 amide bonds. The van der Waals surface area contributed by atoms with Crippen molar-refractivity contribution >= 4 is 0 Å². The van der Waals surface area contributed by atoms with Crippen molar-refractivity contribution in [2.24, 2.45) is 0 Å². The molecule has 1 aliphatic carbocycles. The number of hydrogen-bond donors (Lipinski definition) is 1. The van der Waals surface area contributed by atoms with Crippen LogP contribution in [-0.4, -0.2) is 74.9 Å². The molecule has 0 bridgehead atoms. The van der Waals surface area contributed by atoms with Crippen molar-refractivity contribution in [3.63, 3.8) is 0 Å². The van der Waals surface area contributed by atoms with Crippen LogP contribution in [0, 0.1) is 0 Å². The summed E-state index contributed by atoms with van der Waals surface area (Å²) >= 11 is 0. The van der Waals surface area contributed by atoms with Gasteiger partial charge in [0.2, 0.25) is 0 Å². The van der Waals surface area contributed by atoms with E-state index in [4.69, 9.17) is 4.74 Å². The molecule has 100 valence electrons. The Morgan fingerprint density at radius 2 is 2.12 bits per heavy atom. The molecule has 2 unspecified atom stereocenters. The molecule has 1 saturated heterocycles. The van der Waals surface area contributed by atoms with E-state index in [1.807, 2.05) is 7.11 Å². The smallest absolute Gasteiger partial charge is 0.0630 e. The Bertz CT molecular complexity index is 233. The second-order valence-electron chi connectivity index (χ2n) is 5.62. The summed E-state index contributed by atoms with van der Waals surface area (Å²) in [4.78, 5) is 5.03. The molecule has 17 heavy (non-hydrogen) atoms. The van der Waals surface area contributed by atoms with E-state index in [1.54, 1.807) is 0 Å². The summed E-state index contributed by atoms with van der Waals surface area (Å²) in [6.07, 6.45) is 2.72. The van der Waals surface area contributed by atoms with Gasteiger partial charge in [-0.3, -0.25) is 4.90 Å². The molecule has 0 aromatic rings. The normalized spacial score (nSPS) is 29.5. The minimum atomic E-state index is 0.539. The van der Waals surface area contributed by atoms with Crippen LogP contribution in [0.25, 0.3) is 0 Å². The fraction of sp³-hybridized carbons (Fsp3) is 1.00. The third kappa shape index (κ3) is 3.91. The zero-order valence-electron chi connectivity index (χ0n) is 11.5. The summed E-state index contributed by atoms with van der Waals surface area (Å²) in [5.74, 6) is 0. The Morgan fingerprint density at radius 3 is 2.71 bits per heavy atom. The summed E-state index contributed by atoms with van der Waals surface area (Å²) in [5, 5.41) is 3.63. The van der Waals surface area contributed by atoms with Crippen molar-refractivity contribution in [2.75, 3.05) is 46.9 Å². The predicted molar refractivity (Wildman–Crippen MR) is 70.4 cm³/mol. The number of ether oxygens (including phenoxy) is 1. The van der Waals surface area contributed by atoms with E-state index in [9.17, 15) is 0 Å². The summed E-state index contributed by atoms with van der Waals surface area (Å²) in [5.41, 5.74) is 0. The van der Waals surface area contributed by atoms with Crippen molar-refractivity contribution in [3.8, 4) is 0 Å². The molecular weight excluding hydrogens is 214 g/mol. The van der Waals surface area contributed by atoms with Crippen LogP contribution in [0.2, 0.25) is 0 Å². The molecule has 2 atom stereocenters. The number of nitrogens with zero attached hydrogens (tertiary/aromatic N) is 2. The molecule has 2 fully saturated rings. The van der Waals surface area contributed by atoms with E-state index in [2.05, 4.69) is 29.1 Å². The van der Waals surface area contributed by atoms with E-state index < -0.39 is 0 Å². The van der Waals surface area contributed by atoms with Crippen LogP contribution in [0.1, 0.15) is 19.8 Å². The molecule has 1 N–H and O–H groups in total. The molecule has 4 nitrogen and oxygen atoms in total. The third-order valence-corrected chi connectivity index (χ3v) is 4.09. The first-order valence-corrected chi connectivity index (χ1v) is 6.87. The molecule has 4 heteroatoms. The SMILES string of the molecule is COCC(CNC1CC1)N1CCN(C)C(C)C1. The highest BCUT2D eigenvalue weighted by Gasteiger charge is 2.28. The molecular formula is C13H27N3O. The number of nitrogens with one attached hydrogen (secondary N) is 1. The Kier molecular flexibility index (Phi) is 4.79. The van der Waals surface area contributed by atoms with Gasteiger partial charge in [-0.05, 0) is 26.8 Å². The number of rotatable bonds is 6. The number of methoxy groups -OCH3 is 1. The van der Waals surface area contributed by atoms with Crippen LogP contribution >= 0.6 is 0 Å². The second-order valence-corrected chi connectivity index (χ2v) is 5.62. The first-order valence-electron chi connectivity index (χ1n) is 6.87. The van der Waals surface area contributed by atoms with Gasteiger partial charge in [0.25, 0.3) is 0 Å². The average molecular weight is 241 g/mol. The van der Waals surface area contributed by atoms with Crippen molar-refractivity contribution < 1.29 is 4.74 Å². The Hall–Kier alpha value is -0.160. The van der Waals surface area contributed by atoms with Gasteiger partial charge >= 0.3 is 0 Å². The van der Waals surface area contributed by atoms with Crippen LogP contribution in [0.15, 0.2) is 0 Å². The molecule has 1 aliphatic heterocycles. The number of hydrogen-bond acceptors (Lipinski definition) is 4. The largest absolute Gasteiger partial charge is 0.383 e. The maximum atomic E-state index is 5.38. The van der Waals surface area contributed by atoms with Crippen molar-refractivity contribution in [1.82, 2.24) is 15.1 Å². The zero-order chi connectivity index (χ0) is 12.3. The van der Waals surface area contributed by atoms with Crippen molar-refractivity contribution in [2.45, 2.75) is 37.9 Å². The van der Waals surface area contributed by atoms with Crippen LogP contribution in [0.4, 0.5) is 0 Å². The molecule has 1 saturated carbocycles. The third-order valence-electron chi connectivity index (χ3n) is 4.09. The fourth-order valence-electron chi connectivity index (χ4n) is 2.48. The first-order chi connectivity index (χ1) is 8.20. The molecule has 2 aliphatic rings. The number of likely N-dealkylation sites (N-methyl/N-ethyl adjacent to an activating group) is 1. The molecule has 0 radical (unpaired) electrons. The monoisotopic (exact) mass is 241 g/mol. The summed E-state index contributed by atoms with van der Waals surface area (Å²) < 4.78 is 5.38. The van der Waals surface area contributed by atoms with Gasteiger partial charge in [0.1, 0.15) is 0 Å². The van der Waals surface area contributed by atoms with Gasteiger partial charge in [0, 0.05) is 51.4 Å². The van der Waals surface area contributed by atoms with Gasteiger partial charge in [-0.1, -0.05) is 0 Å². The maximum Gasteiger partial charge on any atom is 0.0630 e. The molecule has 0 aromatic heterocycles. The number of piperazine rings is 1. The van der Waals surface area contributed by atoms with Crippen LogP contribution in [0.5, 0.6) is 0 Å². The first kappa shape index (κ1) is 13.3. The summed E-state index contributed by atoms with van der Waals surface area (Å²) in [6.45, 7) is 7.73. The maximum absolute atomic E-state index is 5.38. The van der Waals surface area contributed by atoms with Gasteiger partial charge in [-0.25, -0.2) is 0 Å². The van der Waals surface area contributed by atoms with Gasteiger partial charge in [0.15, 0.2) is 0 Å². The Morgan fingerprint density at radius 1 is 1.35 bits per heavy atom. The lowest BCUT2D eigenvalue weighted by atomic mass is 10.1. The van der Waals surface area contributed by atoms with Gasteiger partial charge in [-0.15, -0.1) is 0 Å². The lowest BCUT2D eigenvalue weighted by Crippen LogP contribution is -2.56.